The quantitative estimate of drug-likeness (QED) is 0.749. The van der Waals surface area contributed by atoms with Crippen molar-refractivity contribution in [3.05, 3.63) is 0 Å². The molecule has 0 saturated carbocycles. The molecule has 3 heteroatoms. The lowest BCUT2D eigenvalue weighted by Gasteiger charge is -2.47. The van der Waals surface area contributed by atoms with E-state index in [0.717, 1.165) is 12.8 Å². The highest BCUT2D eigenvalue weighted by Gasteiger charge is 2.36. The molecule has 0 aromatic heterocycles. The van der Waals surface area contributed by atoms with E-state index >= 15 is 0 Å². The van der Waals surface area contributed by atoms with E-state index in [-0.39, 0.29) is 5.91 Å². The van der Waals surface area contributed by atoms with Gasteiger partial charge in [0.2, 0.25) is 5.91 Å². The number of amides is 1. The second-order valence-electron chi connectivity index (χ2n) is 4.99. The third kappa shape index (κ3) is 2.33. The zero-order valence-electron chi connectivity index (χ0n) is 9.83. The van der Waals surface area contributed by atoms with Crippen molar-refractivity contribution in [3.63, 3.8) is 0 Å². The van der Waals surface area contributed by atoms with Crippen LogP contribution in [-0.4, -0.2) is 36.0 Å². The van der Waals surface area contributed by atoms with E-state index in [0.29, 0.717) is 24.5 Å². The monoisotopic (exact) mass is 210 g/mol. The summed E-state index contributed by atoms with van der Waals surface area (Å²) < 4.78 is 0. The summed E-state index contributed by atoms with van der Waals surface area (Å²) in [5.41, 5.74) is 0. The van der Waals surface area contributed by atoms with Crippen LogP contribution in [0.3, 0.4) is 0 Å². The maximum absolute atomic E-state index is 11.4. The van der Waals surface area contributed by atoms with Crippen molar-refractivity contribution < 1.29 is 4.79 Å². The molecule has 2 fully saturated rings. The Bertz CT molecular complexity index is 228. The van der Waals surface area contributed by atoms with E-state index in [1.54, 1.807) is 0 Å². The molecule has 1 amide bonds. The van der Waals surface area contributed by atoms with E-state index in [2.05, 4.69) is 17.3 Å². The van der Waals surface area contributed by atoms with Gasteiger partial charge in [-0.05, 0) is 32.7 Å². The van der Waals surface area contributed by atoms with Gasteiger partial charge in [0.05, 0.1) is 0 Å². The molecule has 2 rings (SSSR count). The van der Waals surface area contributed by atoms with Crippen molar-refractivity contribution >= 4 is 5.91 Å². The Hall–Kier alpha value is -0.570. The second kappa shape index (κ2) is 4.52. The van der Waals surface area contributed by atoms with Crippen molar-refractivity contribution in [2.75, 3.05) is 7.05 Å². The Balaban J connectivity index is 1.92. The lowest BCUT2D eigenvalue weighted by molar-refractivity contribution is -0.122. The van der Waals surface area contributed by atoms with Crippen LogP contribution in [0, 0.1) is 0 Å². The van der Waals surface area contributed by atoms with Gasteiger partial charge in [-0.25, -0.2) is 0 Å². The van der Waals surface area contributed by atoms with Crippen LogP contribution in [-0.2, 0) is 4.79 Å². The van der Waals surface area contributed by atoms with Crippen molar-refractivity contribution in [1.82, 2.24) is 10.2 Å². The van der Waals surface area contributed by atoms with Crippen LogP contribution in [0.1, 0.15) is 45.4 Å². The molecule has 0 aliphatic carbocycles. The number of hydrogen-bond donors (Lipinski definition) is 1. The fourth-order valence-corrected chi connectivity index (χ4v) is 3.06. The van der Waals surface area contributed by atoms with Gasteiger partial charge in [-0.2, -0.15) is 0 Å². The maximum atomic E-state index is 11.4. The Morgan fingerprint density at radius 1 is 1.33 bits per heavy atom. The zero-order chi connectivity index (χ0) is 10.8. The summed E-state index contributed by atoms with van der Waals surface area (Å²) in [7, 11) is 2.24. The molecular formula is C12H22N2O. The number of fused-ring (bicyclic) bond motifs is 2. The van der Waals surface area contributed by atoms with Crippen LogP contribution in [0.5, 0.6) is 0 Å². The molecule has 3 nitrogen and oxygen atoms in total. The van der Waals surface area contributed by atoms with Crippen LogP contribution in [0.4, 0.5) is 0 Å². The van der Waals surface area contributed by atoms with Crippen LogP contribution in [0.25, 0.3) is 0 Å². The molecule has 2 aliphatic heterocycles. The minimum atomic E-state index is 0.211. The third-order valence-corrected chi connectivity index (χ3v) is 4.03. The lowest BCUT2D eigenvalue weighted by Crippen LogP contribution is -2.55. The largest absolute Gasteiger partial charge is 0.353 e. The van der Waals surface area contributed by atoms with Gasteiger partial charge in [0, 0.05) is 24.5 Å². The molecule has 0 aromatic carbocycles. The number of nitrogens with one attached hydrogen (secondary N) is 1. The van der Waals surface area contributed by atoms with E-state index in [1.807, 2.05) is 6.92 Å². The van der Waals surface area contributed by atoms with Gasteiger partial charge in [0.15, 0.2) is 0 Å². The van der Waals surface area contributed by atoms with Crippen LogP contribution in [0.15, 0.2) is 0 Å². The smallest absolute Gasteiger partial charge is 0.219 e. The molecular weight excluding hydrogens is 188 g/mol. The molecule has 86 valence electrons. The summed E-state index contributed by atoms with van der Waals surface area (Å²) >= 11 is 0. The van der Waals surface area contributed by atoms with E-state index in [4.69, 9.17) is 0 Å². The fraction of sp³-hybridized carbons (Fsp3) is 0.917. The summed E-state index contributed by atoms with van der Waals surface area (Å²) in [6, 6.07) is 1.85. The Morgan fingerprint density at radius 2 is 1.93 bits per heavy atom. The fourth-order valence-electron chi connectivity index (χ4n) is 3.06. The van der Waals surface area contributed by atoms with Crippen molar-refractivity contribution in [2.24, 2.45) is 0 Å². The summed E-state index contributed by atoms with van der Waals surface area (Å²) in [5.74, 6) is 0.211. The van der Waals surface area contributed by atoms with Gasteiger partial charge < -0.3 is 10.2 Å². The molecule has 2 aliphatic rings. The summed E-state index contributed by atoms with van der Waals surface area (Å²) in [6.07, 6.45) is 6.91. The minimum absolute atomic E-state index is 0.211. The number of carbonyl (C=O) groups is 1. The number of hydrogen-bond acceptors (Lipinski definition) is 2. The zero-order valence-corrected chi connectivity index (χ0v) is 9.83. The summed E-state index contributed by atoms with van der Waals surface area (Å²) in [5, 5.41) is 3.15. The molecule has 0 aromatic rings. The number of carbonyl (C=O) groups excluding carboxylic acids is 1. The van der Waals surface area contributed by atoms with Gasteiger partial charge in [0.1, 0.15) is 0 Å². The maximum Gasteiger partial charge on any atom is 0.219 e. The highest BCUT2D eigenvalue weighted by molar-refractivity contribution is 5.75. The topological polar surface area (TPSA) is 32.3 Å². The highest BCUT2D eigenvalue weighted by atomic mass is 16.1. The first-order chi connectivity index (χ1) is 7.20. The number of nitrogens with zero attached hydrogens (tertiary/aromatic N) is 1. The first kappa shape index (κ1) is 10.9. The van der Waals surface area contributed by atoms with Gasteiger partial charge in [-0.15, -0.1) is 0 Å². The van der Waals surface area contributed by atoms with Gasteiger partial charge in [-0.3, -0.25) is 4.79 Å². The lowest BCUT2D eigenvalue weighted by atomic mass is 9.82. The predicted molar refractivity (Wildman–Crippen MR) is 60.6 cm³/mol. The third-order valence-electron chi connectivity index (χ3n) is 4.03. The average Bonchev–Trinajstić information content (AvgIpc) is 2.19. The average molecular weight is 210 g/mol. The Kier molecular flexibility index (Phi) is 3.29. The molecule has 2 unspecified atom stereocenters. The van der Waals surface area contributed by atoms with Crippen LogP contribution >= 0.6 is 0 Å². The van der Waals surface area contributed by atoms with E-state index in [9.17, 15) is 4.79 Å². The van der Waals surface area contributed by atoms with E-state index < -0.39 is 0 Å². The van der Waals surface area contributed by atoms with Crippen molar-refractivity contribution in [1.29, 1.82) is 0 Å². The van der Waals surface area contributed by atoms with Crippen molar-refractivity contribution in [2.45, 2.75) is 63.6 Å². The molecule has 0 radical (unpaired) electrons. The van der Waals surface area contributed by atoms with Crippen LogP contribution in [0.2, 0.25) is 0 Å². The molecule has 1 N–H and O–H groups in total. The van der Waals surface area contributed by atoms with E-state index in [1.165, 1.54) is 19.3 Å². The molecule has 0 spiro atoms. The minimum Gasteiger partial charge on any atom is -0.353 e. The van der Waals surface area contributed by atoms with Crippen LogP contribution < -0.4 is 5.32 Å². The van der Waals surface area contributed by atoms with Crippen molar-refractivity contribution in [3.8, 4) is 0 Å². The second-order valence-corrected chi connectivity index (χ2v) is 4.99. The van der Waals surface area contributed by atoms with Gasteiger partial charge >= 0.3 is 0 Å². The number of piperidine rings is 2. The molecule has 2 heterocycles. The number of rotatable bonds is 2. The molecule has 15 heavy (non-hydrogen) atoms. The normalized spacial score (nSPS) is 36.3. The SMILES string of the molecule is CCC(=O)NC1CC2CCCC(C1)N2C. The van der Waals surface area contributed by atoms with Gasteiger partial charge in [-0.1, -0.05) is 13.3 Å². The molecule has 2 saturated heterocycles. The highest BCUT2D eigenvalue weighted by Crippen LogP contribution is 2.32. The Morgan fingerprint density at radius 3 is 2.47 bits per heavy atom. The van der Waals surface area contributed by atoms with Gasteiger partial charge in [0.25, 0.3) is 0 Å². The standard InChI is InChI=1S/C12H22N2O/c1-3-12(15)13-9-7-10-5-4-6-11(8-9)14(10)2/h9-11H,3-8H2,1-2H3,(H,13,15). The predicted octanol–water partition coefficient (Wildman–Crippen LogP) is 1.53. The Labute approximate surface area is 92.2 Å². The summed E-state index contributed by atoms with van der Waals surface area (Å²) in [6.45, 7) is 1.92. The first-order valence-electron chi connectivity index (χ1n) is 6.22. The summed E-state index contributed by atoms with van der Waals surface area (Å²) in [4.78, 5) is 13.9. The molecule has 2 atom stereocenters. The first-order valence-corrected chi connectivity index (χ1v) is 6.22. The molecule has 2 bridgehead atoms.